The molecule has 20 heavy (non-hydrogen) atoms. The molecule has 1 saturated carbocycles. The molecule has 2 rings (SSSR count). The number of hydrogen-bond acceptors (Lipinski definition) is 4. The van der Waals surface area contributed by atoms with Crippen LogP contribution >= 0.6 is 0 Å². The SMILES string of the molecule is CN(C)c1nc(NC2CCCCC2)ncc1C(F)(F)F. The first-order chi connectivity index (χ1) is 9.38. The Bertz CT molecular complexity index is 453. The fraction of sp³-hybridized carbons (Fsp3) is 0.692. The molecule has 112 valence electrons. The first-order valence-corrected chi connectivity index (χ1v) is 6.76. The summed E-state index contributed by atoms with van der Waals surface area (Å²) in [7, 11) is 3.09. The number of rotatable bonds is 3. The van der Waals surface area contributed by atoms with Gasteiger partial charge in [0.05, 0.1) is 0 Å². The summed E-state index contributed by atoms with van der Waals surface area (Å²) in [5.41, 5.74) is -0.809. The Hall–Kier alpha value is -1.53. The molecule has 1 fully saturated rings. The minimum atomic E-state index is -4.44. The van der Waals surface area contributed by atoms with Gasteiger partial charge in [-0.3, -0.25) is 0 Å². The molecule has 1 heterocycles. The van der Waals surface area contributed by atoms with E-state index in [1.54, 1.807) is 14.1 Å². The van der Waals surface area contributed by atoms with Gasteiger partial charge in [-0.05, 0) is 12.8 Å². The third-order valence-corrected chi connectivity index (χ3v) is 3.44. The first-order valence-electron chi connectivity index (χ1n) is 6.76. The molecular weight excluding hydrogens is 269 g/mol. The minimum absolute atomic E-state index is 0.106. The van der Waals surface area contributed by atoms with Crippen LogP contribution in [0.15, 0.2) is 6.20 Å². The van der Waals surface area contributed by atoms with E-state index < -0.39 is 11.7 Å². The van der Waals surface area contributed by atoms with E-state index in [-0.39, 0.29) is 17.8 Å². The molecule has 4 nitrogen and oxygen atoms in total. The quantitative estimate of drug-likeness (QED) is 0.926. The number of nitrogens with zero attached hydrogens (tertiary/aromatic N) is 3. The van der Waals surface area contributed by atoms with Crippen LogP contribution in [0, 0.1) is 0 Å². The van der Waals surface area contributed by atoms with Crippen molar-refractivity contribution in [3.05, 3.63) is 11.8 Å². The van der Waals surface area contributed by atoms with E-state index in [2.05, 4.69) is 15.3 Å². The van der Waals surface area contributed by atoms with E-state index in [1.165, 1.54) is 11.3 Å². The van der Waals surface area contributed by atoms with Gasteiger partial charge < -0.3 is 10.2 Å². The summed E-state index contributed by atoms with van der Waals surface area (Å²) in [5.74, 6) is 0.166. The van der Waals surface area contributed by atoms with Gasteiger partial charge in [0.15, 0.2) is 0 Å². The van der Waals surface area contributed by atoms with Crippen LogP contribution in [0.5, 0.6) is 0 Å². The highest BCUT2D eigenvalue weighted by Crippen LogP contribution is 2.35. The summed E-state index contributed by atoms with van der Waals surface area (Å²) in [5, 5.41) is 3.14. The maximum atomic E-state index is 12.9. The third-order valence-electron chi connectivity index (χ3n) is 3.44. The smallest absolute Gasteiger partial charge is 0.362 e. The number of alkyl halides is 3. The van der Waals surface area contributed by atoms with Crippen molar-refractivity contribution in [3.8, 4) is 0 Å². The highest BCUT2D eigenvalue weighted by atomic mass is 19.4. The number of nitrogens with one attached hydrogen (secondary N) is 1. The lowest BCUT2D eigenvalue weighted by molar-refractivity contribution is -0.137. The van der Waals surface area contributed by atoms with Crippen molar-refractivity contribution in [1.29, 1.82) is 0 Å². The predicted octanol–water partition coefficient (Wildman–Crippen LogP) is 3.31. The zero-order chi connectivity index (χ0) is 14.8. The van der Waals surface area contributed by atoms with Gasteiger partial charge in [-0.25, -0.2) is 4.98 Å². The fourth-order valence-corrected chi connectivity index (χ4v) is 2.41. The van der Waals surface area contributed by atoms with Crippen LogP contribution in [-0.4, -0.2) is 30.1 Å². The third kappa shape index (κ3) is 3.52. The number of aromatic nitrogens is 2. The molecule has 7 heteroatoms. The summed E-state index contributed by atoms with van der Waals surface area (Å²) in [6.45, 7) is 0. The molecule has 0 aliphatic heterocycles. The van der Waals surface area contributed by atoms with Crippen LogP contribution in [0.4, 0.5) is 24.9 Å². The summed E-state index contributed by atoms with van der Waals surface area (Å²) in [6, 6.07) is 0.260. The van der Waals surface area contributed by atoms with E-state index in [4.69, 9.17) is 0 Å². The molecule has 0 bridgehead atoms. The van der Waals surface area contributed by atoms with Gasteiger partial charge in [0.25, 0.3) is 0 Å². The molecule has 1 aliphatic rings. The van der Waals surface area contributed by atoms with Crippen molar-refractivity contribution in [1.82, 2.24) is 9.97 Å². The van der Waals surface area contributed by atoms with E-state index in [0.29, 0.717) is 0 Å². The Labute approximate surface area is 116 Å². The Kier molecular flexibility index (Phi) is 4.35. The highest BCUT2D eigenvalue weighted by Gasteiger charge is 2.36. The average Bonchev–Trinajstić information content (AvgIpc) is 2.38. The Morgan fingerprint density at radius 2 is 1.85 bits per heavy atom. The molecular formula is C13H19F3N4. The first kappa shape index (κ1) is 14.9. The average molecular weight is 288 g/mol. The molecule has 0 unspecified atom stereocenters. The van der Waals surface area contributed by atoms with Gasteiger partial charge in [-0.1, -0.05) is 19.3 Å². The summed E-state index contributed by atoms with van der Waals surface area (Å²) < 4.78 is 38.6. The molecule has 1 aromatic rings. The Morgan fingerprint density at radius 1 is 1.20 bits per heavy atom. The van der Waals surface area contributed by atoms with Crippen molar-refractivity contribution in [2.24, 2.45) is 0 Å². The van der Waals surface area contributed by atoms with Gasteiger partial charge in [-0.2, -0.15) is 18.2 Å². The topological polar surface area (TPSA) is 41.1 Å². The maximum absolute atomic E-state index is 12.9. The highest BCUT2D eigenvalue weighted by molar-refractivity contribution is 5.50. The molecule has 0 spiro atoms. The van der Waals surface area contributed by atoms with E-state index in [0.717, 1.165) is 31.9 Å². The van der Waals surface area contributed by atoms with Crippen LogP contribution in [0.25, 0.3) is 0 Å². The van der Waals surface area contributed by atoms with Crippen LogP contribution in [0.1, 0.15) is 37.7 Å². The zero-order valence-corrected chi connectivity index (χ0v) is 11.7. The van der Waals surface area contributed by atoms with E-state index in [9.17, 15) is 13.2 Å². The van der Waals surface area contributed by atoms with Crippen LogP contribution in [-0.2, 0) is 6.18 Å². The van der Waals surface area contributed by atoms with Crippen LogP contribution < -0.4 is 10.2 Å². The zero-order valence-electron chi connectivity index (χ0n) is 11.7. The second-order valence-corrected chi connectivity index (χ2v) is 5.30. The lowest BCUT2D eigenvalue weighted by atomic mass is 9.96. The van der Waals surface area contributed by atoms with Crippen molar-refractivity contribution in [2.75, 3.05) is 24.3 Å². The lowest BCUT2D eigenvalue weighted by Gasteiger charge is -2.24. The molecule has 0 saturated heterocycles. The van der Waals surface area contributed by atoms with Gasteiger partial charge in [-0.15, -0.1) is 0 Å². The largest absolute Gasteiger partial charge is 0.421 e. The fourth-order valence-electron chi connectivity index (χ4n) is 2.41. The molecule has 0 aromatic carbocycles. The van der Waals surface area contributed by atoms with Crippen molar-refractivity contribution in [3.63, 3.8) is 0 Å². The Morgan fingerprint density at radius 3 is 2.40 bits per heavy atom. The summed E-state index contributed by atoms with van der Waals surface area (Å²) >= 11 is 0. The number of hydrogen-bond donors (Lipinski definition) is 1. The molecule has 0 atom stereocenters. The monoisotopic (exact) mass is 288 g/mol. The van der Waals surface area contributed by atoms with Crippen LogP contribution in [0.2, 0.25) is 0 Å². The molecule has 1 N–H and O–H groups in total. The van der Waals surface area contributed by atoms with E-state index in [1.807, 2.05) is 0 Å². The predicted molar refractivity (Wildman–Crippen MR) is 71.9 cm³/mol. The standard InChI is InChI=1S/C13H19F3N4/c1-20(2)11-10(13(14,15)16)8-17-12(19-11)18-9-6-4-3-5-7-9/h8-9H,3-7H2,1-2H3,(H,17,18,19). The Balaban J connectivity index is 2.21. The van der Waals surface area contributed by atoms with Crippen molar-refractivity contribution < 1.29 is 13.2 Å². The summed E-state index contributed by atoms with van der Waals surface area (Å²) in [4.78, 5) is 9.19. The number of halogens is 3. The van der Waals surface area contributed by atoms with Gasteiger partial charge in [0.2, 0.25) is 5.95 Å². The molecule has 1 aromatic heterocycles. The van der Waals surface area contributed by atoms with Crippen LogP contribution in [0.3, 0.4) is 0 Å². The maximum Gasteiger partial charge on any atom is 0.421 e. The van der Waals surface area contributed by atoms with Crippen molar-refractivity contribution in [2.45, 2.75) is 44.3 Å². The molecule has 1 aliphatic carbocycles. The second-order valence-electron chi connectivity index (χ2n) is 5.30. The van der Waals surface area contributed by atoms with Crippen molar-refractivity contribution >= 4 is 11.8 Å². The number of anilines is 2. The van der Waals surface area contributed by atoms with E-state index >= 15 is 0 Å². The molecule has 0 amide bonds. The minimum Gasteiger partial charge on any atom is -0.362 e. The van der Waals surface area contributed by atoms with Gasteiger partial charge in [0, 0.05) is 26.3 Å². The summed E-state index contributed by atoms with van der Waals surface area (Å²) in [6.07, 6.45) is 1.94. The van der Waals surface area contributed by atoms with Gasteiger partial charge >= 0.3 is 6.18 Å². The molecule has 0 radical (unpaired) electrons. The second kappa shape index (κ2) is 5.85. The van der Waals surface area contributed by atoms with Gasteiger partial charge in [0.1, 0.15) is 11.4 Å². The lowest BCUT2D eigenvalue weighted by Crippen LogP contribution is -2.25. The normalized spacial score (nSPS) is 17.1.